The topological polar surface area (TPSA) is 89.2 Å². The molecular weight excluding hydrogens is 296 g/mol. The number of amides is 1. The Kier molecular flexibility index (Phi) is 6.22. The van der Waals surface area contributed by atoms with Crippen LogP contribution in [0.25, 0.3) is 0 Å². The average molecular weight is 309 g/mol. The monoisotopic (exact) mass is 308 g/mol. The number of rotatable bonds is 2. The number of halogens is 1. The third-order valence-electron chi connectivity index (χ3n) is 2.19. The summed E-state index contributed by atoms with van der Waals surface area (Å²) in [6.07, 6.45) is 4.09. The Bertz CT molecular complexity index is 620. The summed E-state index contributed by atoms with van der Waals surface area (Å²) in [5.41, 5.74) is 0.394. The largest absolute Gasteiger partial charge is 0.343 e. The Morgan fingerprint density at radius 2 is 2.05 bits per heavy atom. The molecule has 2 aromatic rings. The van der Waals surface area contributed by atoms with Gasteiger partial charge in [0.25, 0.3) is 11.6 Å². The highest BCUT2D eigenvalue weighted by atomic mass is 35.5. The van der Waals surface area contributed by atoms with Crippen molar-refractivity contribution in [2.45, 2.75) is 0 Å². The minimum Gasteiger partial charge on any atom is -0.343 e. The van der Waals surface area contributed by atoms with E-state index in [1.807, 2.05) is 0 Å². The molecular formula is C13H13ClN4O3. The highest BCUT2D eigenvalue weighted by Gasteiger charge is 2.06. The van der Waals surface area contributed by atoms with Crippen molar-refractivity contribution in [2.24, 2.45) is 0 Å². The Morgan fingerprint density at radius 1 is 1.33 bits per heavy atom. The summed E-state index contributed by atoms with van der Waals surface area (Å²) in [7, 11) is 3.41. The third-order valence-corrected chi connectivity index (χ3v) is 2.40. The van der Waals surface area contributed by atoms with Gasteiger partial charge >= 0.3 is 0 Å². The number of pyridine rings is 2. The van der Waals surface area contributed by atoms with E-state index in [2.05, 4.69) is 9.97 Å². The van der Waals surface area contributed by atoms with Gasteiger partial charge in [0.2, 0.25) is 0 Å². The van der Waals surface area contributed by atoms with E-state index in [0.717, 1.165) is 6.20 Å². The molecule has 0 spiro atoms. The second kappa shape index (κ2) is 7.91. The summed E-state index contributed by atoms with van der Waals surface area (Å²) in [6.45, 7) is 0. The maximum atomic E-state index is 11.2. The van der Waals surface area contributed by atoms with Crippen LogP contribution in [-0.4, -0.2) is 39.8 Å². The molecule has 1 amide bonds. The van der Waals surface area contributed by atoms with E-state index >= 15 is 0 Å². The van der Waals surface area contributed by atoms with Crippen LogP contribution in [0.4, 0.5) is 5.69 Å². The molecule has 0 saturated carbocycles. The molecule has 7 nitrogen and oxygen atoms in total. The van der Waals surface area contributed by atoms with Crippen LogP contribution in [-0.2, 0) is 0 Å². The van der Waals surface area contributed by atoms with Crippen LogP contribution < -0.4 is 0 Å². The number of hydrogen-bond acceptors (Lipinski definition) is 5. The smallest absolute Gasteiger partial charge is 0.289 e. The maximum absolute atomic E-state index is 11.2. The lowest BCUT2D eigenvalue weighted by Crippen LogP contribution is -2.22. The Morgan fingerprint density at radius 3 is 2.48 bits per heavy atom. The van der Waals surface area contributed by atoms with E-state index in [1.54, 1.807) is 38.5 Å². The Hall–Kier alpha value is -2.54. The van der Waals surface area contributed by atoms with Crippen molar-refractivity contribution < 1.29 is 9.72 Å². The molecule has 0 N–H and O–H groups in total. The van der Waals surface area contributed by atoms with E-state index < -0.39 is 4.92 Å². The number of nitro groups is 1. The van der Waals surface area contributed by atoms with Crippen LogP contribution in [0.15, 0.2) is 42.9 Å². The first-order valence-electron chi connectivity index (χ1n) is 5.79. The standard InChI is InChI=1S/C8H10N2O.C5H3ClN2O2/c1-10(2)8(11)7-5-3-4-6-9-7;6-4-1-5(8(9)10)3-7-2-4/h3-6H,1-2H3;1-3H. The number of carbonyl (C=O) groups excluding carboxylic acids is 1. The molecule has 2 aromatic heterocycles. The van der Waals surface area contributed by atoms with Crippen LogP contribution >= 0.6 is 11.6 Å². The van der Waals surface area contributed by atoms with Crippen LogP contribution in [0.3, 0.4) is 0 Å². The molecule has 0 radical (unpaired) electrons. The van der Waals surface area contributed by atoms with Crippen LogP contribution in [0, 0.1) is 10.1 Å². The van der Waals surface area contributed by atoms with Gasteiger partial charge in [0.1, 0.15) is 11.9 Å². The van der Waals surface area contributed by atoms with E-state index in [-0.39, 0.29) is 16.6 Å². The molecule has 21 heavy (non-hydrogen) atoms. The zero-order valence-electron chi connectivity index (χ0n) is 11.4. The zero-order chi connectivity index (χ0) is 15.8. The first-order chi connectivity index (χ1) is 9.91. The highest BCUT2D eigenvalue weighted by molar-refractivity contribution is 6.30. The third kappa shape index (κ3) is 5.53. The molecule has 2 rings (SSSR count). The lowest BCUT2D eigenvalue weighted by atomic mass is 10.3. The second-order valence-electron chi connectivity index (χ2n) is 4.03. The summed E-state index contributed by atoms with van der Waals surface area (Å²) in [5, 5.41) is 10.3. The molecule has 0 aliphatic rings. The molecule has 0 aromatic carbocycles. The molecule has 0 bridgehead atoms. The van der Waals surface area contributed by atoms with E-state index in [0.29, 0.717) is 5.69 Å². The van der Waals surface area contributed by atoms with Gasteiger partial charge in [0.15, 0.2) is 0 Å². The lowest BCUT2D eigenvalue weighted by Gasteiger charge is -2.07. The summed E-state index contributed by atoms with van der Waals surface area (Å²) in [4.78, 5) is 29.7. The fourth-order valence-electron chi connectivity index (χ4n) is 1.22. The minimum absolute atomic E-state index is 0.0643. The zero-order valence-corrected chi connectivity index (χ0v) is 12.2. The molecule has 110 valence electrons. The van der Waals surface area contributed by atoms with Crippen LogP contribution in [0.5, 0.6) is 0 Å². The summed E-state index contributed by atoms with van der Waals surface area (Å²) in [6, 6.07) is 6.52. The van der Waals surface area contributed by atoms with E-state index in [4.69, 9.17) is 11.6 Å². The second-order valence-corrected chi connectivity index (χ2v) is 4.47. The predicted molar refractivity (Wildman–Crippen MR) is 78.2 cm³/mol. The lowest BCUT2D eigenvalue weighted by molar-refractivity contribution is -0.385. The van der Waals surface area contributed by atoms with E-state index in [1.165, 1.54) is 17.2 Å². The van der Waals surface area contributed by atoms with Gasteiger partial charge in [-0.2, -0.15) is 0 Å². The fraction of sp³-hybridized carbons (Fsp3) is 0.154. The summed E-state index contributed by atoms with van der Waals surface area (Å²) in [5.74, 6) is -0.0643. The fourth-order valence-corrected chi connectivity index (χ4v) is 1.39. The van der Waals surface area contributed by atoms with Gasteiger partial charge in [0, 0.05) is 32.6 Å². The molecule has 0 saturated heterocycles. The van der Waals surface area contributed by atoms with Crippen molar-refractivity contribution >= 4 is 23.2 Å². The molecule has 0 fully saturated rings. The van der Waals surface area contributed by atoms with Crippen molar-refractivity contribution in [3.05, 3.63) is 63.7 Å². The van der Waals surface area contributed by atoms with Crippen molar-refractivity contribution in [1.82, 2.24) is 14.9 Å². The van der Waals surface area contributed by atoms with E-state index in [9.17, 15) is 14.9 Å². The first kappa shape index (κ1) is 16.5. The van der Waals surface area contributed by atoms with Gasteiger partial charge < -0.3 is 4.90 Å². The number of aromatic nitrogens is 2. The normalized spacial score (nSPS) is 9.29. The highest BCUT2D eigenvalue weighted by Crippen LogP contribution is 2.14. The quantitative estimate of drug-likeness (QED) is 0.628. The summed E-state index contributed by atoms with van der Waals surface area (Å²) < 4.78 is 0. The van der Waals surface area contributed by atoms with Gasteiger partial charge in [-0.1, -0.05) is 17.7 Å². The SMILES string of the molecule is CN(C)C(=O)c1ccccn1.O=[N+]([O-])c1cncc(Cl)c1. The maximum Gasteiger partial charge on any atom is 0.289 e. The van der Waals surface area contributed by atoms with Crippen molar-refractivity contribution in [3.8, 4) is 0 Å². The van der Waals surface area contributed by atoms with Gasteiger partial charge in [-0.25, -0.2) is 0 Å². The van der Waals surface area contributed by atoms with Crippen LogP contribution in [0.1, 0.15) is 10.5 Å². The first-order valence-corrected chi connectivity index (χ1v) is 6.17. The molecule has 2 heterocycles. The Labute approximate surface area is 126 Å². The van der Waals surface area contributed by atoms with Crippen molar-refractivity contribution in [1.29, 1.82) is 0 Å². The molecule has 0 unspecified atom stereocenters. The van der Waals surface area contributed by atoms with Gasteiger partial charge in [0.05, 0.1) is 9.95 Å². The predicted octanol–water partition coefficient (Wildman–Crippen LogP) is 2.43. The van der Waals surface area contributed by atoms with Crippen molar-refractivity contribution in [3.63, 3.8) is 0 Å². The van der Waals surface area contributed by atoms with Crippen LogP contribution in [0.2, 0.25) is 5.02 Å². The van der Waals surface area contributed by atoms with Crippen molar-refractivity contribution in [2.75, 3.05) is 14.1 Å². The Balaban J connectivity index is 0.000000211. The molecule has 0 atom stereocenters. The molecule has 0 aliphatic heterocycles. The number of hydrogen-bond donors (Lipinski definition) is 0. The molecule has 0 aliphatic carbocycles. The summed E-state index contributed by atoms with van der Waals surface area (Å²) >= 11 is 5.42. The van der Waals surface area contributed by atoms with Gasteiger partial charge in [-0.05, 0) is 12.1 Å². The molecule has 8 heteroatoms. The minimum atomic E-state index is -0.543. The van der Waals surface area contributed by atoms with Gasteiger partial charge in [-0.15, -0.1) is 0 Å². The number of carbonyl (C=O) groups is 1. The van der Waals surface area contributed by atoms with Gasteiger partial charge in [-0.3, -0.25) is 24.9 Å². The average Bonchev–Trinajstić information content (AvgIpc) is 2.48. The number of nitrogens with zero attached hydrogens (tertiary/aromatic N) is 4.